The van der Waals surface area contributed by atoms with Crippen LogP contribution in [-0.4, -0.2) is 37.2 Å². The molecule has 0 rings (SSSR count). The molecule has 0 aliphatic carbocycles. The standard InChI is InChI=1S/C72H130O6/c1-4-7-10-13-16-19-22-25-28-31-33-34-35-36-37-38-40-41-44-47-50-53-56-59-62-65-71(74)77-68-69(67-76-70(73)64-61-58-55-52-49-46-43-30-27-24-21-18-15-12-9-6-3)78-72(75)66-63-60-57-54-51-48-45-42-39-32-29-26-23-20-17-14-11-8-5-2/h8,11,17,20,26,29-30,39,42-43,69H,4-7,9-10,12-16,18-19,21-25,27-28,31-38,40-41,44-68H2,1-3H3/b11-8-,20-17-,29-26-,42-39-,43-30-. The molecular formula is C72H130O6. The third kappa shape index (κ3) is 63.9. The van der Waals surface area contributed by atoms with Gasteiger partial charge in [0.2, 0.25) is 0 Å². The van der Waals surface area contributed by atoms with Gasteiger partial charge in [0, 0.05) is 19.3 Å². The van der Waals surface area contributed by atoms with E-state index in [1.807, 2.05) is 0 Å². The van der Waals surface area contributed by atoms with E-state index < -0.39 is 6.10 Å². The second kappa shape index (κ2) is 66.6. The van der Waals surface area contributed by atoms with Gasteiger partial charge in [0.05, 0.1) is 0 Å². The number of esters is 3. The van der Waals surface area contributed by atoms with Crippen LogP contribution in [0.5, 0.6) is 0 Å². The van der Waals surface area contributed by atoms with Crippen molar-refractivity contribution in [1.29, 1.82) is 0 Å². The Morgan fingerprint density at radius 2 is 0.500 bits per heavy atom. The summed E-state index contributed by atoms with van der Waals surface area (Å²) >= 11 is 0. The molecule has 0 bridgehead atoms. The molecule has 0 aromatic heterocycles. The number of unbranched alkanes of at least 4 members (excludes halogenated alkanes) is 42. The lowest BCUT2D eigenvalue weighted by molar-refractivity contribution is -0.167. The van der Waals surface area contributed by atoms with Crippen molar-refractivity contribution >= 4 is 17.9 Å². The average molecular weight is 1090 g/mol. The lowest BCUT2D eigenvalue weighted by Crippen LogP contribution is -2.30. The van der Waals surface area contributed by atoms with Crippen molar-refractivity contribution in [2.24, 2.45) is 0 Å². The highest BCUT2D eigenvalue weighted by Crippen LogP contribution is 2.18. The molecule has 0 heterocycles. The van der Waals surface area contributed by atoms with Gasteiger partial charge in [0.25, 0.3) is 0 Å². The summed E-state index contributed by atoms with van der Waals surface area (Å²) in [6.45, 7) is 6.57. The number of carbonyl (C=O) groups is 3. The predicted molar refractivity (Wildman–Crippen MR) is 339 cm³/mol. The minimum Gasteiger partial charge on any atom is -0.462 e. The van der Waals surface area contributed by atoms with Gasteiger partial charge in [-0.1, -0.05) is 319 Å². The summed E-state index contributed by atoms with van der Waals surface area (Å²) in [4.78, 5) is 38.4. The molecule has 0 aromatic carbocycles. The molecule has 0 saturated heterocycles. The lowest BCUT2D eigenvalue weighted by atomic mass is 10.0. The van der Waals surface area contributed by atoms with Gasteiger partial charge in [-0.2, -0.15) is 0 Å². The highest BCUT2D eigenvalue weighted by atomic mass is 16.6. The number of rotatable bonds is 63. The molecule has 0 aromatic rings. The van der Waals surface area contributed by atoms with Crippen LogP contribution in [0, 0.1) is 0 Å². The van der Waals surface area contributed by atoms with Gasteiger partial charge in [-0.25, -0.2) is 0 Å². The Labute approximate surface area is 485 Å². The van der Waals surface area contributed by atoms with Gasteiger partial charge in [0.15, 0.2) is 6.10 Å². The molecule has 78 heavy (non-hydrogen) atoms. The molecule has 0 amide bonds. The zero-order valence-electron chi connectivity index (χ0n) is 52.2. The van der Waals surface area contributed by atoms with Crippen molar-refractivity contribution in [2.75, 3.05) is 13.2 Å². The lowest BCUT2D eigenvalue weighted by Gasteiger charge is -2.18. The van der Waals surface area contributed by atoms with Crippen LogP contribution in [0.15, 0.2) is 60.8 Å². The van der Waals surface area contributed by atoms with Crippen LogP contribution in [-0.2, 0) is 28.6 Å². The molecule has 454 valence electrons. The zero-order valence-corrected chi connectivity index (χ0v) is 52.2. The van der Waals surface area contributed by atoms with Gasteiger partial charge < -0.3 is 14.2 Å². The first-order valence-corrected chi connectivity index (χ1v) is 34.3. The summed E-state index contributed by atoms with van der Waals surface area (Å²) in [7, 11) is 0. The predicted octanol–water partition coefficient (Wildman–Crippen LogP) is 23.5. The van der Waals surface area contributed by atoms with Crippen LogP contribution in [0.25, 0.3) is 0 Å². The Bertz CT molecular complexity index is 1390. The van der Waals surface area contributed by atoms with Crippen LogP contribution < -0.4 is 0 Å². The van der Waals surface area contributed by atoms with Crippen molar-refractivity contribution in [3.05, 3.63) is 60.8 Å². The van der Waals surface area contributed by atoms with Gasteiger partial charge >= 0.3 is 17.9 Å². The number of ether oxygens (including phenoxy) is 3. The van der Waals surface area contributed by atoms with E-state index in [-0.39, 0.29) is 31.1 Å². The summed E-state index contributed by atoms with van der Waals surface area (Å²) in [5.41, 5.74) is 0. The van der Waals surface area contributed by atoms with Gasteiger partial charge in [-0.05, 0) is 83.5 Å². The second-order valence-corrected chi connectivity index (χ2v) is 23.1. The molecular weight excluding hydrogens is 961 g/mol. The van der Waals surface area contributed by atoms with E-state index in [1.54, 1.807) is 0 Å². The molecule has 0 aliphatic rings. The minimum absolute atomic E-state index is 0.0793. The number of allylic oxidation sites excluding steroid dienone is 10. The molecule has 6 heteroatoms. The van der Waals surface area contributed by atoms with E-state index in [0.29, 0.717) is 19.3 Å². The maximum atomic E-state index is 12.9. The fourth-order valence-electron chi connectivity index (χ4n) is 10.1. The molecule has 0 saturated carbocycles. The fraction of sp³-hybridized carbons (Fsp3) is 0.819. The Morgan fingerprint density at radius 1 is 0.269 bits per heavy atom. The second-order valence-electron chi connectivity index (χ2n) is 23.1. The summed E-state index contributed by atoms with van der Waals surface area (Å²) in [6.07, 6.45) is 85.3. The van der Waals surface area contributed by atoms with E-state index in [0.717, 1.165) is 103 Å². The Hall–Kier alpha value is -2.89. The van der Waals surface area contributed by atoms with Gasteiger partial charge in [-0.3, -0.25) is 14.4 Å². The van der Waals surface area contributed by atoms with E-state index in [2.05, 4.69) is 81.5 Å². The number of hydrogen-bond donors (Lipinski definition) is 0. The zero-order chi connectivity index (χ0) is 56.4. The highest BCUT2D eigenvalue weighted by molar-refractivity contribution is 5.71. The maximum Gasteiger partial charge on any atom is 0.306 e. The fourth-order valence-corrected chi connectivity index (χ4v) is 10.1. The van der Waals surface area contributed by atoms with Crippen molar-refractivity contribution in [3.63, 3.8) is 0 Å². The van der Waals surface area contributed by atoms with E-state index >= 15 is 0 Å². The van der Waals surface area contributed by atoms with E-state index in [4.69, 9.17) is 14.2 Å². The molecule has 6 nitrogen and oxygen atoms in total. The van der Waals surface area contributed by atoms with Crippen LogP contribution in [0.2, 0.25) is 0 Å². The summed E-state index contributed by atoms with van der Waals surface area (Å²) < 4.78 is 17.0. The SMILES string of the molecule is CC/C=C\C/C=C\C/C=C\C/C=C\CCCCCCCCC(=O)OC(COC(=O)CCCCCCC/C=C\CCCCCCCCC)COC(=O)CCCCCCCCCCCCCCCCCCCCCCCCCCC. The Morgan fingerprint density at radius 3 is 0.795 bits per heavy atom. The van der Waals surface area contributed by atoms with Crippen LogP contribution in [0.4, 0.5) is 0 Å². The molecule has 0 radical (unpaired) electrons. The normalized spacial score (nSPS) is 12.4. The largest absolute Gasteiger partial charge is 0.462 e. The third-order valence-electron chi connectivity index (χ3n) is 15.3. The first-order valence-electron chi connectivity index (χ1n) is 34.3. The van der Waals surface area contributed by atoms with Gasteiger partial charge in [0.1, 0.15) is 13.2 Å². The highest BCUT2D eigenvalue weighted by Gasteiger charge is 2.19. The van der Waals surface area contributed by atoms with E-state index in [9.17, 15) is 14.4 Å². The van der Waals surface area contributed by atoms with Crippen molar-refractivity contribution in [1.82, 2.24) is 0 Å². The smallest absolute Gasteiger partial charge is 0.306 e. The van der Waals surface area contributed by atoms with Crippen LogP contribution >= 0.6 is 0 Å². The molecule has 0 aliphatic heterocycles. The Balaban J connectivity index is 4.31. The molecule has 1 unspecified atom stereocenters. The van der Waals surface area contributed by atoms with Gasteiger partial charge in [-0.15, -0.1) is 0 Å². The number of carbonyl (C=O) groups excluding carboxylic acids is 3. The van der Waals surface area contributed by atoms with E-state index in [1.165, 1.54) is 218 Å². The summed E-state index contributed by atoms with van der Waals surface area (Å²) in [5.74, 6) is -0.880. The van der Waals surface area contributed by atoms with Crippen molar-refractivity contribution < 1.29 is 28.6 Å². The monoisotopic (exact) mass is 1090 g/mol. The molecule has 0 N–H and O–H groups in total. The first-order chi connectivity index (χ1) is 38.5. The summed E-state index contributed by atoms with van der Waals surface area (Å²) in [6, 6.07) is 0. The maximum absolute atomic E-state index is 12.9. The minimum atomic E-state index is -0.785. The summed E-state index contributed by atoms with van der Waals surface area (Å²) in [5, 5.41) is 0. The first kappa shape index (κ1) is 75.1. The van der Waals surface area contributed by atoms with Crippen molar-refractivity contribution in [3.8, 4) is 0 Å². The van der Waals surface area contributed by atoms with Crippen LogP contribution in [0.3, 0.4) is 0 Å². The number of hydrogen-bond acceptors (Lipinski definition) is 6. The average Bonchev–Trinajstić information content (AvgIpc) is 3.44. The molecule has 1 atom stereocenters. The Kier molecular flexibility index (Phi) is 64.2. The third-order valence-corrected chi connectivity index (χ3v) is 15.3. The van der Waals surface area contributed by atoms with Crippen molar-refractivity contribution in [2.45, 2.75) is 367 Å². The molecule has 0 fully saturated rings. The van der Waals surface area contributed by atoms with Crippen LogP contribution in [0.1, 0.15) is 361 Å². The topological polar surface area (TPSA) is 78.9 Å². The quantitative estimate of drug-likeness (QED) is 0.0261. The molecule has 0 spiro atoms.